The number of aryl methyl sites for hydroxylation is 1. The van der Waals surface area contributed by atoms with Crippen molar-refractivity contribution in [1.29, 1.82) is 0 Å². The Bertz CT molecular complexity index is 2480. The standard InChI is InChI=1S/C45H49F2N3O11/c1-27-24-49(15-14-48(27)26-38-29(3)60-45(54)61-38)40-37(47)23-34-39(42(40)55-4)50(32-11-12-32)25-35(41(34)51)44(53)59-21-19-57-17-16-56-18-20-58-43(52)28(2)31-10-13-33(36(46)22-31)30-8-6-5-7-9-30/h5-10,13,22-23,25,27-28,32H,11-12,14-21,24,26H2,1-4H3. The molecule has 2 atom stereocenters. The minimum absolute atomic E-state index is 0.00120. The molecule has 1 saturated carbocycles. The van der Waals surface area contributed by atoms with Crippen LogP contribution in [0.1, 0.15) is 66.1 Å². The Balaban J connectivity index is 0.878. The van der Waals surface area contributed by atoms with Crippen molar-refractivity contribution in [2.75, 3.05) is 71.3 Å². The minimum atomic E-state index is -0.857. The summed E-state index contributed by atoms with van der Waals surface area (Å²) in [6.07, 6.45) is 3.09. The zero-order chi connectivity index (χ0) is 43.2. The number of aromatic nitrogens is 1. The fourth-order valence-electron chi connectivity index (χ4n) is 7.56. The van der Waals surface area contributed by atoms with E-state index in [1.807, 2.05) is 46.7 Å². The monoisotopic (exact) mass is 845 g/mol. The molecular formula is C45H49F2N3O11. The molecule has 0 amide bonds. The lowest BCUT2D eigenvalue weighted by molar-refractivity contribution is -0.146. The molecule has 7 rings (SSSR count). The lowest BCUT2D eigenvalue weighted by Crippen LogP contribution is -2.51. The molecule has 0 N–H and O–H groups in total. The highest BCUT2D eigenvalue weighted by Gasteiger charge is 2.34. The number of pyridine rings is 1. The third-order valence-electron chi connectivity index (χ3n) is 11.1. The number of carbonyl (C=O) groups excluding carboxylic acids is 2. The summed E-state index contributed by atoms with van der Waals surface area (Å²) in [7, 11) is 1.43. The van der Waals surface area contributed by atoms with Gasteiger partial charge in [-0.2, -0.15) is 0 Å². The summed E-state index contributed by atoms with van der Waals surface area (Å²) >= 11 is 0. The molecule has 61 heavy (non-hydrogen) atoms. The topological polar surface area (TPSA) is 152 Å². The number of halogens is 2. The Morgan fingerprint density at radius 2 is 1.59 bits per heavy atom. The van der Waals surface area contributed by atoms with Crippen molar-refractivity contribution in [2.45, 2.75) is 58.2 Å². The van der Waals surface area contributed by atoms with E-state index in [2.05, 4.69) is 4.90 Å². The minimum Gasteiger partial charge on any atom is -0.492 e. The fraction of sp³-hybridized carbons (Fsp3) is 0.422. The van der Waals surface area contributed by atoms with Gasteiger partial charge < -0.3 is 42.0 Å². The molecule has 2 aliphatic rings. The molecule has 3 heterocycles. The van der Waals surface area contributed by atoms with Crippen LogP contribution in [0.3, 0.4) is 0 Å². The van der Waals surface area contributed by atoms with Crippen LogP contribution in [0.25, 0.3) is 22.0 Å². The Labute approximate surface area is 350 Å². The molecule has 0 bridgehead atoms. The summed E-state index contributed by atoms with van der Waals surface area (Å²) in [5.41, 5.74) is 1.44. The normalized spacial score (nSPS) is 16.2. The average Bonchev–Trinajstić information content (AvgIpc) is 4.05. The summed E-state index contributed by atoms with van der Waals surface area (Å²) in [4.78, 5) is 55.1. The Hall–Kier alpha value is -5.84. The van der Waals surface area contributed by atoms with Gasteiger partial charge in [-0.3, -0.25) is 14.5 Å². The number of nitrogens with zero attached hydrogens (tertiary/aromatic N) is 3. The van der Waals surface area contributed by atoms with Gasteiger partial charge in [-0.05, 0) is 56.9 Å². The van der Waals surface area contributed by atoms with Crippen LogP contribution >= 0.6 is 0 Å². The van der Waals surface area contributed by atoms with Crippen molar-refractivity contribution in [3.05, 3.63) is 116 Å². The third kappa shape index (κ3) is 9.87. The molecule has 1 saturated heterocycles. The largest absolute Gasteiger partial charge is 0.519 e. The maximum atomic E-state index is 16.1. The number of methoxy groups -OCH3 is 1. The molecule has 16 heteroatoms. The number of fused-ring (bicyclic) bond motifs is 1. The number of benzene rings is 3. The van der Waals surface area contributed by atoms with Gasteiger partial charge in [-0.15, -0.1) is 0 Å². The number of esters is 2. The molecule has 0 spiro atoms. The smallest absolute Gasteiger partial charge is 0.492 e. The molecule has 2 aromatic heterocycles. The summed E-state index contributed by atoms with van der Waals surface area (Å²) in [5.74, 6) is -2.79. The summed E-state index contributed by atoms with van der Waals surface area (Å²) in [6, 6.07) is 15.0. The van der Waals surface area contributed by atoms with Gasteiger partial charge in [0.25, 0.3) is 0 Å². The molecule has 1 aliphatic carbocycles. The number of rotatable bonds is 18. The van der Waals surface area contributed by atoms with Gasteiger partial charge in [-0.25, -0.2) is 18.4 Å². The van der Waals surface area contributed by atoms with Crippen LogP contribution in [0.15, 0.2) is 79.2 Å². The number of anilines is 1. The summed E-state index contributed by atoms with van der Waals surface area (Å²) in [5, 5.41) is 0.0107. The van der Waals surface area contributed by atoms with Crippen molar-refractivity contribution in [2.24, 2.45) is 0 Å². The van der Waals surface area contributed by atoms with E-state index < -0.39 is 40.7 Å². The third-order valence-corrected chi connectivity index (χ3v) is 11.1. The molecule has 0 radical (unpaired) electrons. The Morgan fingerprint density at radius 1 is 0.885 bits per heavy atom. The SMILES string of the molecule is COc1c(N2CCN(Cc3oc(=O)oc3C)C(C)C2)c(F)cc2c(=O)c(C(=O)OCCOCCOCCOC(=O)C(C)c3ccc(-c4ccccc4)c(F)c3)cn(C3CC3)c12. The highest BCUT2D eigenvalue weighted by Crippen LogP contribution is 2.44. The molecule has 1 aliphatic heterocycles. The maximum absolute atomic E-state index is 16.1. The molecule has 324 valence electrons. The van der Waals surface area contributed by atoms with E-state index in [9.17, 15) is 23.6 Å². The molecular weight excluding hydrogens is 797 g/mol. The van der Waals surface area contributed by atoms with Gasteiger partial charge in [0.1, 0.15) is 36.0 Å². The second kappa shape index (κ2) is 19.3. The van der Waals surface area contributed by atoms with Gasteiger partial charge >= 0.3 is 17.8 Å². The van der Waals surface area contributed by atoms with Gasteiger partial charge in [0.05, 0.1) is 56.9 Å². The van der Waals surface area contributed by atoms with E-state index in [0.717, 1.165) is 18.4 Å². The zero-order valence-corrected chi connectivity index (χ0v) is 34.6. The van der Waals surface area contributed by atoms with Crippen LogP contribution in [0.2, 0.25) is 0 Å². The first-order valence-electron chi connectivity index (χ1n) is 20.3. The first-order chi connectivity index (χ1) is 29.4. The van der Waals surface area contributed by atoms with Crippen LogP contribution < -0.4 is 20.9 Å². The zero-order valence-electron chi connectivity index (χ0n) is 34.6. The van der Waals surface area contributed by atoms with Crippen molar-refractivity contribution >= 4 is 28.5 Å². The maximum Gasteiger partial charge on any atom is 0.519 e. The van der Waals surface area contributed by atoms with Crippen LogP contribution in [0.4, 0.5) is 14.5 Å². The average molecular weight is 846 g/mol. The Morgan fingerprint density at radius 3 is 2.23 bits per heavy atom. The van der Waals surface area contributed by atoms with E-state index >= 15 is 4.39 Å². The van der Waals surface area contributed by atoms with Crippen LogP contribution in [-0.4, -0.2) is 93.8 Å². The molecule has 2 unspecified atom stereocenters. The van der Waals surface area contributed by atoms with Gasteiger partial charge in [-0.1, -0.05) is 42.5 Å². The highest BCUT2D eigenvalue weighted by atomic mass is 19.1. The van der Waals surface area contributed by atoms with Crippen LogP contribution in [-0.2, 0) is 30.3 Å². The number of ether oxygens (including phenoxy) is 5. The molecule has 5 aromatic rings. The second-order valence-corrected chi connectivity index (χ2v) is 15.2. The number of piperazine rings is 1. The van der Waals surface area contributed by atoms with Crippen molar-refractivity contribution in [3.8, 4) is 16.9 Å². The lowest BCUT2D eigenvalue weighted by atomic mass is 9.97. The number of carbonyl (C=O) groups is 2. The van der Waals surface area contributed by atoms with E-state index in [4.69, 9.17) is 32.5 Å². The molecule has 2 fully saturated rings. The van der Waals surface area contributed by atoms with Gasteiger partial charge in [0.15, 0.2) is 17.3 Å². The number of hydrogen-bond donors (Lipinski definition) is 0. The summed E-state index contributed by atoms with van der Waals surface area (Å²) in [6.45, 7) is 7.41. The first-order valence-corrected chi connectivity index (χ1v) is 20.3. The molecule has 14 nitrogen and oxygen atoms in total. The van der Waals surface area contributed by atoms with Crippen LogP contribution in [0.5, 0.6) is 5.75 Å². The van der Waals surface area contributed by atoms with E-state index in [1.165, 1.54) is 25.4 Å². The van der Waals surface area contributed by atoms with Gasteiger partial charge in [0.2, 0.25) is 5.43 Å². The fourth-order valence-corrected chi connectivity index (χ4v) is 7.56. The van der Waals surface area contributed by atoms with Crippen LogP contribution in [0, 0.1) is 18.6 Å². The van der Waals surface area contributed by atoms with Gasteiger partial charge in [0, 0.05) is 43.5 Å². The summed E-state index contributed by atoms with van der Waals surface area (Å²) < 4.78 is 70.5. The lowest BCUT2D eigenvalue weighted by Gasteiger charge is -2.41. The highest BCUT2D eigenvalue weighted by molar-refractivity contribution is 5.97. The predicted molar refractivity (Wildman–Crippen MR) is 220 cm³/mol. The van der Waals surface area contributed by atoms with E-state index in [-0.39, 0.29) is 74.1 Å². The van der Waals surface area contributed by atoms with Crippen molar-refractivity contribution in [1.82, 2.24) is 9.47 Å². The quantitative estimate of drug-likeness (QED) is 0.0708. The second-order valence-electron chi connectivity index (χ2n) is 15.2. The van der Waals surface area contributed by atoms with E-state index in [1.54, 1.807) is 26.0 Å². The number of hydrogen-bond acceptors (Lipinski definition) is 13. The van der Waals surface area contributed by atoms with E-state index in [0.29, 0.717) is 54.3 Å². The Kier molecular flexibility index (Phi) is 13.7. The van der Waals surface area contributed by atoms with Crippen molar-refractivity contribution in [3.63, 3.8) is 0 Å². The predicted octanol–water partition coefficient (Wildman–Crippen LogP) is 6.39. The van der Waals surface area contributed by atoms with Crippen molar-refractivity contribution < 1.29 is 50.9 Å². The molecule has 3 aromatic carbocycles. The first kappa shape index (κ1) is 43.3.